The van der Waals surface area contributed by atoms with Crippen LogP contribution in [0.4, 0.5) is 0 Å². The molecule has 1 amide bonds. The van der Waals surface area contributed by atoms with E-state index < -0.39 is 5.97 Å². The van der Waals surface area contributed by atoms with E-state index in [1.54, 1.807) is 0 Å². The standard InChI is InChI=1S/C19H25NO4/c21-18(20-17-7-5-16(6-8-17)19(22)23)15-3-1-13(2-4-15)14-9-11-24-12-10-14/h1-4,14,16-17H,5-12H2,(H,20,21)(H,22,23). The fraction of sp³-hybridized carbons (Fsp3) is 0.579. The third-order valence-electron chi connectivity index (χ3n) is 5.28. The highest BCUT2D eigenvalue weighted by atomic mass is 16.5. The number of ether oxygens (including phenoxy) is 1. The lowest BCUT2D eigenvalue weighted by molar-refractivity contribution is -0.142. The Morgan fingerprint density at radius 2 is 1.58 bits per heavy atom. The van der Waals surface area contributed by atoms with Gasteiger partial charge in [-0.2, -0.15) is 0 Å². The summed E-state index contributed by atoms with van der Waals surface area (Å²) in [4.78, 5) is 23.3. The summed E-state index contributed by atoms with van der Waals surface area (Å²) in [7, 11) is 0. The number of amides is 1. The highest BCUT2D eigenvalue weighted by Crippen LogP contribution is 2.27. The number of aliphatic carboxylic acids is 1. The molecule has 130 valence electrons. The summed E-state index contributed by atoms with van der Waals surface area (Å²) >= 11 is 0. The van der Waals surface area contributed by atoms with Crippen LogP contribution in [0.3, 0.4) is 0 Å². The maximum absolute atomic E-state index is 12.4. The summed E-state index contributed by atoms with van der Waals surface area (Å²) in [6.45, 7) is 1.62. The quantitative estimate of drug-likeness (QED) is 0.889. The van der Waals surface area contributed by atoms with Gasteiger partial charge in [-0.25, -0.2) is 0 Å². The second-order valence-corrected chi connectivity index (χ2v) is 6.87. The number of carbonyl (C=O) groups excluding carboxylic acids is 1. The molecule has 1 aromatic rings. The maximum Gasteiger partial charge on any atom is 0.306 e. The molecule has 0 radical (unpaired) electrons. The van der Waals surface area contributed by atoms with Crippen LogP contribution in [0.2, 0.25) is 0 Å². The van der Waals surface area contributed by atoms with E-state index in [1.807, 2.05) is 24.3 Å². The van der Waals surface area contributed by atoms with E-state index in [1.165, 1.54) is 5.56 Å². The molecular formula is C19H25NO4. The lowest BCUT2D eigenvalue weighted by Gasteiger charge is -2.27. The number of nitrogens with one attached hydrogen (secondary N) is 1. The number of carbonyl (C=O) groups is 2. The van der Waals surface area contributed by atoms with Crippen molar-refractivity contribution in [2.75, 3.05) is 13.2 Å². The van der Waals surface area contributed by atoms with Gasteiger partial charge in [-0.1, -0.05) is 12.1 Å². The molecule has 0 unspecified atom stereocenters. The Bertz CT molecular complexity index is 570. The number of carboxylic acids is 1. The van der Waals surface area contributed by atoms with Crippen molar-refractivity contribution in [3.05, 3.63) is 35.4 Å². The van der Waals surface area contributed by atoms with Crippen LogP contribution in [0.15, 0.2) is 24.3 Å². The molecule has 0 spiro atoms. The number of benzene rings is 1. The molecule has 1 aromatic carbocycles. The average Bonchev–Trinajstić information content (AvgIpc) is 2.63. The number of hydrogen-bond donors (Lipinski definition) is 2. The molecule has 1 saturated heterocycles. The van der Waals surface area contributed by atoms with Crippen LogP contribution in [0.1, 0.15) is 60.4 Å². The first-order chi connectivity index (χ1) is 11.6. The van der Waals surface area contributed by atoms with Crippen LogP contribution in [-0.4, -0.2) is 36.2 Å². The van der Waals surface area contributed by atoms with Gasteiger partial charge in [-0.15, -0.1) is 0 Å². The van der Waals surface area contributed by atoms with Crippen molar-refractivity contribution >= 4 is 11.9 Å². The molecule has 3 rings (SSSR count). The summed E-state index contributed by atoms with van der Waals surface area (Å²) in [6.07, 6.45) is 4.84. The Labute approximate surface area is 142 Å². The number of rotatable bonds is 4. The van der Waals surface area contributed by atoms with Gasteiger partial charge in [0.25, 0.3) is 5.91 Å². The first-order valence-corrected chi connectivity index (χ1v) is 8.85. The zero-order chi connectivity index (χ0) is 16.9. The van der Waals surface area contributed by atoms with Crippen LogP contribution < -0.4 is 5.32 Å². The number of hydrogen-bond acceptors (Lipinski definition) is 3. The summed E-state index contributed by atoms with van der Waals surface area (Å²) < 4.78 is 5.39. The van der Waals surface area contributed by atoms with Crippen molar-refractivity contribution in [3.63, 3.8) is 0 Å². The highest BCUT2D eigenvalue weighted by Gasteiger charge is 2.27. The predicted molar refractivity (Wildman–Crippen MR) is 90.1 cm³/mol. The van der Waals surface area contributed by atoms with Gasteiger partial charge in [0.05, 0.1) is 5.92 Å². The molecule has 2 aliphatic rings. The van der Waals surface area contributed by atoms with Crippen molar-refractivity contribution in [2.24, 2.45) is 5.92 Å². The van der Waals surface area contributed by atoms with E-state index in [2.05, 4.69) is 5.32 Å². The normalized spacial score (nSPS) is 25.2. The van der Waals surface area contributed by atoms with Gasteiger partial charge in [0.15, 0.2) is 0 Å². The zero-order valence-corrected chi connectivity index (χ0v) is 13.9. The minimum Gasteiger partial charge on any atom is -0.481 e. The van der Waals surface area contributed by atoms with Gasteiger partial charge in [-0.3, -0.25) is 9.59 Å². The van der Waals surface area contributed by atoms with E-state index in [9.17, 15) is 9.59 Å². The zero-order valence-electron chi connectivity index (χ0n) is 13.9. The molecule has 0 bridgehead atoms. The fourth-order valence-electron chi connectivity index (χ4n) is 3.69. The lowest BCUT2D eigenvalue weighted by atomic mass is 9.86. The van der Waals surface area contributed by atoms with Crippen LogP contribution in [0.25, 0.3) is 0 Å². The summed E-state index contributed by atoms with van der Waals surface area (Å²) in [5, 5.41) is 12.1. The summed E-state index contributed by atoms with van der Waals surface area (Å²) in [5.74, 6) is -0.505. The second kappa shape index (κ2) is 7.79. The van der Waals surface area contributed by atoms with Crippen LogP contribution in [0, 0.1) is 5.92 Å². The van der Waals surface area contributed by atoms with E-state index in [4.69, 9.17) is 9.84 Å². The molecular weight excluding hydrogens is 306 g/mol. The third-order valence-corrected chi connectivity index (χ3v) is 5.28. The Hall–Kier alpha value is -1.88. The summed E-state index contributed by atoms with van der Waals surface area (Å²) in [5.41, 5.74) is 1.95. The van der Waals surface area contributed by atoms with Crippen molar-refractivity contribution < 1.29 is 19.4 Å². The largest absolute Gasteiger partial charge is 0.481 e. The smallest absolute Gasteiger partial charge is 0.306 e. The Kier molecular flexibility index (Phi) is 5.51. The van der Waals surface area contributed by atoms with Crippen molar-refractivity contribution in [1.29, 1.82) is 0 Å². The monoisotopic (exact) mass is 331 g/mol. The molecule has 2 fully saturated rings. The first-order valence-electron chi connectivity index (χ1n) is 8.85. The Morgan fingerprint density at radius 1 is 0.958 bits per heavy atom. The molecule has 1 aliphatic carbocycles. The Morgan fingerprint density at radius 3 is 2.17 bits per heavy atom. The van der Waals surface area contributed by atoms with Crippen molar-refractivity contribution in [2.45, 2.75) is 50.5 Å². The predicted octanol–water partition coefficient (Wildman–Crippen LogP) is 2.95. The molecule has 5 nitrogen and oxygen atoms in total. The van der Waals surface area contributed by atoms with E-state index >= 15 is 0 Å². The lowest BCUT2D eigenvalue weighted by Crippen LogP contribution is -2.38. The molecule has 2 N–H and O–H groups in total. The van der Waals surface area contributed by atoms with Gasteiger partial charge in [0.1, 0.15) is 0 Å². The van der Waals surface area contributed by atoms with Gasteiger partial charge >= 0.3 is 5.97 Å². The Balaban J connectivity index is 1.53. The van der Waals surface area contributed by atoms with Crippen LogP contribution in [0.5, 0.6) is 0 Å². The molecule has 0 aromatic heterocycles. The second-order valence-electron chi connectivity index (χ2n) is 6.87. The van der Waals surface area contributed by atoms with Crippen LogP contribution in [-0.2, 0) is 9.53 Å². The van der Waals surface area contributed by atoms with Crippen molar-refractivity contribution in [3.8, 4) is 0 Å². The van der Waals surface area contributed by atoms with E-state index in [-0.39, 0.29) is 17.9 Å². The topological polar surface area (TPSA) is 75.6 Å². The molecule has 0 atom stereocenters. The molecule has 5 heteroatoms. The maximum atomic E-state index is 12.4. The minimum atomic E-state index is -0.719. The third kappa shape index (κ3) is 4.15. The summed E-state index contributed by atoms with van der Waals surface area (Å²) in [6, 6.07) is 7.97. The van der Waals surface area contributed by atoms with E-state index in [0.29, 0.717) is 24.3 Å². The highest BCUT2D eigenvalue weighted by molar-refractivity contribution is 5.94. The van der Waals surface area contributed by atoms with Gasteiger partial charge < -0.3 is 15.2 Å². The first kappa shape index (κ1) is 17.0. The molecule has 1 heterocycles. The van der Waals surface area contributed by atoms with Gasteiger partial charge in [0, 0.05) is 24.8 Å². The SMILES string of the molecule is O=C(NC1CCC(C(=O)O)CC1)c1ccc(C2CCOCC2)cc1. The van der Waals surface area contributed by atoms with Crippen LogP contribution >= 0.6 is 0 Å². The van der Waals surface area contributed by atoms with Gasteiger partial charge in [-0.05, 0) is 62.1 Å². The van der Waals surface area contributed by atoms with Gasteiger partial charge in [0.2, 0.25) is 0 Å². The number of carboxylic acid groups (broad SMARTS) is 1. The average molecular weight is 331 g/mol. The molecule has 1 aliphatic heterocycles. The minimum absolute atomic E-state index is 0.0627. The van der Waals surface area contributed by atoms with E-state index in [0.717, 1.165) is 38.9 Å². The molecule has 24 heavy (non-hydrogen) atoms. The van der Waals surface area contributed by atoms with Crippen molar-refractivity contribution in [1.82, 2.24) is 5.32 Å². The fourth-order valence-corrected chi connectivity index (χ4v) is 3.69. The molecule has 1 saturated carbocycles.